The van der Waals surface area contributed by atoms with Gasteiger partial charge in [-0.1, -0.05) is 24.3 Å². The number of carbonyl (C=O) groups excluding carboxylic acids is 2. The van der Waals surface area contributed by atoms with Gasteiger partial charge in [-0.3, -0.25) is 19.2 Å². The van der Waals surface area contributed by atoms with Crippen molar-refractivity contribution in [1.29, 1.82) is 0 Å². The number of nitrogens with one attached hydrogen (secondary N) is 2. The number of halogens is 7. The zero-order valence-corrected chi connectivity index (χ0v) is 24.2. The van der Waals surface area contributed by atoms with Crippen molar-refractivity contribution in [3.63, 3.8) is 0 Å². The standard InChI is InChI=1S/C29H27F7N4O4S/c1-16(26(37)41)38-27(42)20-10-23(30)12-24(11-20)39-45(43,44)15-17-13-40(14-17)25(18-2-6-21(7-3-18)28(31,32)33)19-4-8-22(9-5-19)29(34,35)36/h2-12,16-17,25,39H,13-15H2,1H3,(H2,37,41)(H,38,42). The van der Waals surface area contributed by atoms with E-state index in [1.807, 2.05) is 0 Å². The van der Waals surface area contributed by atoms with E-state index in [9.17, 15) is 48.7 Å². The van der Waals surface area contributed by atoms with Gasteiger partial charge in [0.15, 0.2) is 0 Å². The third-order valence-electron chi connectivity index (χ3n) is 7.12. The van der Waals surface area contributed by atoms with Crippen LogP contribution in [0.5, 0.6) is 0 Å². The molecule has 0 saturated carbocycles. The van der Waals surface area contributed by atoms with Crippen LogP contribution in [0.3, 0.4) is 0 Å². The second-order valence-electron chi connectivity index (χ2n) is 10.7. The average molecular weight is 661 g/mol. The zero-order chi connectivity index (χ0) is 33.3. The molecule has 1 heterocycles. The van der Waals surface area contributed by atoms with Gasteiger partial charge in [0.25, 0.3) is 5.91 Å². The Kier molecular flexibility index (Phi) is 9.49. The van der Waals surface area contributed by atoms with Crippen molar-refractivity contribution in [3.05, 3.63) is 100 Å². The van der Waals surface area contributed by atoms with Gasteiger partial charge < -0.3 is 11.1 Å². The van der Waals surface area contributed by atoms with Gasteiger partial charge in [0, 0.05) is 24.6 Å². The predicted octanol–water partition coefficient (Wildman–Crippen LogP) is 4.93. The van der Waals surface area contributed by atoms with Crippen molar-refractivity contribution < 1.29 is 48.7 Å². The lowest BCUT2D eigenvalue weighted by Crippen LogP contribution is -2.51. The van der Waals surface area contributed by atoms with Gasteiger partial charge in [0.1, 0.15) is 11.9 Å². The van der Waals surface area contributed by atoms with Crippen LogP contribution < -0.4 is 15.8 Å². The van der Waals surface area contributed by atoms with Gasteiger partial charge in [0.2, 0.25) is 15.9 Å². The SMILES string of the molecule is CC(NC(=O)c1cc(F)cc(NS(=O)(=O)CC2CN(C(c3ccc(C(F)(F)F)cc3)c3ccc(C(F)(F)F)cc3)C2)c1)C(N)=O. The summed E-state index contributed by atoms with van der Waals surface area (Å²) in [6.45, 7) is 1.55. The van der Waals surface area contributed by atoms with Crippen LogP contribution in [-0.2, 0) is 27.2 Å². The van der Waals surface area contributed by atoms with Crippen LogP contribution in [0.4, 0.5) is 36.4 Å². The van der Waals surface area contributed by atoms with Crippen LogP contribution in [0.2, 0.25) is 0 Å². The number of carbonyl (C=O) groups is 2. The van der Waals surface area contributed by atoms with Gasteiger partial charge in [0.05, 0.1) is 28.6 Å². The van der Waals surface area contributed by atoms with E-state index in [1.54, 1.807) is 4.90 Å². The summed E-state index contributed by atoms with van der Waals surface area (Å²) < 4.78 is 121. The molecule has 1 atom stereocenters. The normalized spacial score (nSPS) is 15.4. The van der Waals surface area contributed by atoms with E-state index in [0.717, 1.165) is 42.5 Å². The quantitative estimate of drug-likeness (QED) is 0.267. The first-order chi connectivity index (χ1) is 20.8. The van der Waals surface area contributed by atoms with E-state index in [0.29, 0.717) is 11.1 Å². The lowest BCUT2D eigenvalue weighted by Gasteiger charge is -2.44. The molecule has 1 aliphatic heterocycles. The number of nitrogens with two attached hydrogens (primary N) is 1. The maximum atomic E-state index is 14.2. The lowest BCUT2D eigenvalue weighted by molar-refractivity contribution is -0.138. The molecule has 4 rings (SSSR count). The molecule has 1 aliphatic rings. The first-order valence-corrected chi connectivity index (χ1v) is 15.0. The first-order valence-electron chi connectivity index (χ1n) is 13.3. The number of likely N-dealkylation sites (tertiary alicyclic amines) is 1. The van der Waals surface area contributed by atoms with Crippen molar-refractivity contribution in [2.75, 3.05) is 23.6 Å². The summed E-state index contributed by atoms with van der Waals surface area (Å²) in [5.41, 5.74) is 3.48. The van der Waals surface area contributed by atoms with Crippen LogP contribution in [0.25, 0.3) is 0 Å². The summed E-state index contributed by atoms with van der Waals surface area (Å²) in [6.07, 6.45) is -9.19. The Morgan fingerprint density at radius 3 is 1.82 bits per heavy atom. The third kappa shape index (κ3) is 8.51. The van der Waals surface area contributed by atoms with Gasteiger partial charge >= 0.3 is 12.4 Å². The number of alkyl halides is 6. The fourth-order valence-corrected chi connectivity index (χ4v) is 6.30. The third-order valence-corrected chi connectivity index (χ3v) is 8.58. The number of benzene rings is 3. The van der Waals surface area contributed by atoms with Gasteiger partial charge in [-0.05, 0) is 60.5 Å². The number of hydrogen-bond acceptors (Lipinski definition) is 5. The van der Waals surface area contributed by atoms with Gasteiger partial charge in [-0.2, -0.15) is 26.3 Å². The van der Waals surface area contributed by atoms with E-state index in [2.05, 4.69) is 10.0 Å². The topological polar surface area (TPSA) is 122 Å². The summed E-state index contributed by atoms with van der Waals surface area (Å²) in [7, 11) is -4.11. The molecule has 2 amide bonds. The highest BCUT2D eigenvalue weighted by Crippen LogP contribution is 2.38. The average Bonchev–Trinajstić information content (AvgIpc) is 2.90. The molecule has 242 valence electrons. The predicted molar refractivity (Wildman–Crippen MR) is 150 cm³/mol. The summed E-state index contributed by atoms with van der Waals surface area (Å²) in [5.74, 6) is -3.59. The maximum absolute atomic E-state index is 14.2. The number of hydrogen-bond donors (Lipinski definition) is 3. The molecule has 1 saturated heterocycles. The Labute approximate surface area is 253 Å². The number of nitrogens with zero attached hydrogens (tertiary/aromatic N) is 1. The molecule has 45 heavy (non-hydrogen) atoms. The van der Waals surface area contributed by atoms with Crippen LogP contribution in [0.1, 0.15) is 45.6 Å². The minimum atomic E-state index is -4.60. The van der Waals surface area contributed by atoms with E-state index in [1.165, 1.54) is 31.2 Å². The molecule has 3 aromatic rings. The van der Waals surface area contributed by atoms with Crippen molar-refractivity contribution in [1.82, 2.24) is 10.2 Å². The Morgan fingerprint density at radius 2 is 1.38 bits per heavy atom. The molecular weight excluding hydrogens is 633 g/mol. The minimum absolute atomic E-state index is 0.120. The van der Waals surface area contributed by atoms with Gasteiger partial charge in [-0.15, -0.1) is 0 Å². The van der Waals surface area contributed by atoms with Crippen molar-refractivity contribution in [2.24, 2.45) is 11.7 Å². The summed E-state index contributed by atoms with van der Waals surface area (Å²) in [6, 6.07) is 9.25. The number of amides is 2. The molecular formula is C29H27F7N4O4S. The van der Waals surface area contributed by atoms with E-state index >= 15 is 0 Å². The van der Waals surface area contributed by atoms with Gasteiger partial charge in [-0.25, -0.2) is 12.8 Å². The van der Waals surface area contributed by atoms with E-state index in [-0.39, 0.29) is 24.3 Å². The fourth-order valence-electron chi connectivity index (χ4n) is 4.91. The maximum Gasteiger partial charge on any atom is 0.416 e. The smallest absolute Gasteiger partial charge is 0.368 e. The Bertz CT molecular complexity index is 1600. The molecule has 0 aliphatic carbocycles. The van der Waals surface area contributed by atoms with Crippen LogP contribution >= 0.6 is 0 Å². The van der Waals surface area contributed by atoms with Crippen molar-refractivity contribution in [2.45, 2.75) is 31.4 Å². The number of primary amides is 1. The Balaban J connectivity index is 1.49. The molecule has 3 aromatic carbocycles. The number of anilines is 1. The zero-order valence-electron chi connectivity index (χ0n) is 23.4. The molecule has 8 nitrogen and oxygen atoms in total. The van der Waals surface area contributed by atoms with E-state index < -0.39 is 74.9 Å². The summed E-state index contributed by atoms with van der Waals surface area (Å²) >= 11 is 0. The minimum Gasteiger partial charge on any atom is -0.368 e. The molecule has 0 aromatic heterocycles. The molecule has 0 radical (unpaired) electrons. The van der Waals surface area contributed by atoms with Crippen molar-refractivity contribution >= 4 is 27.5 Å². The first kappa shape index (κ1) is 33.7. The highest BCUT2D eigenvalue weighted by atomic mass is 32.2. The monoisotopic (exact) mass is 660 g/mol. The Hall–Kier alpha value is -4.18. The molecule has 0 bridgehead atoms. The van der Waals surface area contributed by atoms with Crippen LogP contribution in [0, 0.1) is 11.7 Å². The highest BCUT2D eigenvalue weighted by Gasteiger charge is 2.38. The van der Waals surface area contributed by atoms with Crippen molar-refractivity contribution in [3.8, 4) is 0 Å². The molecule has 0 spiro atoms. The summed E-state index contributed by atoms with van der Waals surface area (Å²) in [5, 5.41) is 2.25. The second-order valence-corrected chi connectivity index (χ2v) is 12.4. The lowest BCUT2D eigenvalue weighted by atomic mass is 9.90. The second kappa shape index (κ2) is 12.7. The van der Waals surface area contributed by atoms with Crippen LogP contribution in [0.15, 0.2) is 66.7 Å². The highest BCUT2D eigenvalue weighted by molar-refractivity contribution is 7.92. The fraction of sp³-hybridized carbons (Fsp3) is 0.310. The van der Waals surface area contributed by atoms with Crippen LogP contribution in [-0.4, -0.2) is 50.0 Å². The molecule has 1 unspecified atom stereocenters. The largest absolute Gasteiger partial charge is 0.416 e. The number of rotatable bonds is 10. The number of sulfonamides is 1. The Morgan fingerprint density at radius 1 is 0.889 bits per heavy atom. The molecule has 4 N–H and O–H groups in total. The van der Waals surface area contributed by atoms with E-state index in [4.69, 9.17) is 5.73 Å². The summed E-state index contributed by atoms with van der Waals surface area (Å²) in [4.78, 5) is 25.3. The molecule has 1 fully saturated rings. The molecule has 16 heteroatoms.